The van der Waals surface area contributed by atoms with Gasteiger partial charge in [-0.1, -0.05) is 16.8 Å². The van der Waals surface area contributed by atoms with Gasteiger partial charge in [0.2, 0.25) is 5.91 Å². The van der Waals surface area contributed by atoms with Crippen LogP contribution in [-0.2, 0) is 19.7 Å². The molecule has 0 radical (unpaired) electrons. The molecule has 172 valence electrons. The number of carbonyl (C=O) groups excluding carboxylic acids is 1. The van der Waals surface area contributed by atoms with Crippen LogP contribution in [-0.4, -0.2) is 41.8 Å². The van der Waals surface area contributed by atoms with E-state index in [2.05, 4.69) is 15.2 Å². The summed E-state index contributed by atoms with van der Waals surface area (Å²) in [5.74, 6) is -0.138. The molecule has 2 bridgehead atoms. The van der Waals surface area contributed by atoms with Crippen molar-refractivity contribution < 1.29 is 36.4 Å². The van der Waals surface area contributed by atoms with Gasteiger partial charge in [0.1, 0.15) is 23.9 Å². The van der Waals surface area contributed by atoms with E-state index in [1.54, 1.807) is 18.2 Å². The number of aromatic nitrogens is 1. The number of hydrogen-bond acceptors (Lipinski definition) is 5. The average Bonchev–Trinajstić information content (AvgIpc) is 3.07. The topological polar surface area (TPSA) is 73.6 Å². The Balaban J connectivity index is 1.08. The lowest BCUT2D eigenvalue weighted by Gasteiger charge is -2.69. The molecule has 0 spiro atoms. The summed E-state index contributed by atoms with van der Waals surface area (Å²) in [5.41, 5.74) is 0.132. The van der Waals surface area contributed by atoms with Crippen molar-refractivity contribution in [1.29, 1.82) is 0 Å². The van der Waals surface area contributed by atoms with Crippen LogP contribution < -0.4 is 5.32 Å². The first kappa shape index (κ1) is 21.7. The fourth-order valence-electron chi connectivity index (χ4n) is 5.00. The second-order valence-corrected chi connectivity index (χ2v) is 9.37. The van der Waals surface area contributed by atoms with Gasteiger partial charge in [-0.2, -0.15) is 0 Å². The number of carbonyl (C=O) groups is 1. The van der Waals surface area contributed by atoms with Gasteiger partial charge in [0.25, 0.3) is 0 Å². The van der Waals surface area contributed by atoms with Crippen LogP contribution in [0.25, 0.3) is 11.3 Å². The number of hydrogen-bond donors (Lipinski definition) is 1. The molecule has 0 saturated heterocycles. The summed E-state index contributed by atoms with van der Waals surface area (Å²) in [7, 11) is 0. The Labute approximate surface area is 185 Å². The Morgan fingerprint density at radius 3 is 2.59 bits per heavy atom. The summed E-state index contributed by atoms with van der Waals surface area (Å²) in [4.78, 5) is 12.2. The summed E-state index contributed by atoms with van der Waals surface area (Å²) >= 11 is 5.78. The predicted octanol–water partition coefficient (Wildman–Crippen LogP) is 4.51. The maximum Gasteiger partial charge on any atom is 0.522 e. The Bertz CT molecular complexity index is 1030. The number of nitrogens with zero attached hydrogens (tertiary/aromatic N) is 1. The molecule has 1 N–H and O–H groups in total. The van der Waals surface area contributed by atoms with E-state index in [9.17, 15) is 22.4 Å². The molecule has 1 amide bonds. The maximum absolute atomic E-state index is 14.1. The van der Waals surface area contributed by atoms with Crippen molar-refractivity contribution in [2.45, 2.75) is 61.6 Å². The van der Waals surface area contributed by atoms with E-state index in [-0.39, 0.29) is 36.3 Å². The molecule has 1 aromatic carbocycles. The SMILES string of the molecule is O=C(CO[C@H]1C[C@@H](OC(F)(F)F)C1)NC12CC(c3cc(-c4ccc(Cl)cc4F)no3)(C1)C2. The molecular formula is C21H19ClF4N2O4. The van der Waals surface area contributed by atoms with Crippen molar-refractivity contribution in [2.24, 2.45) is 0 Å². The van der Waals surface area contributed by atoms with E-state index in [0.29, 0.717) is 41.3 Å². The van der Waals surface area contributed by atoms with Crippen molar-refractivity contribution in [3.8, 4) is 11.3 Å². The molecule has 2 aromatic rings. The number of rotatable bonds is 7. The number of nitrogens with one attached hydrogen (secondary N) is 1. The monoisotopic (exact) mass is 474 g/mol. The molecule has 0 aliphatic heterocycles. The summed E-state index contributed by atoms with van der Waals surface area (Å²) < 4.78 is 65.2. The number of benzene rings is 1. The van der Waals surface area contributed by atoms with E-state index >= 15 is 0 Å². The molecule has 4 saturated carbocycles. The lowest BCUT2D eigenvalue weighted by Crippen LogP contribution is -2.76. The third kappa shape index (κ3) is 3.99. The highest BCUT2D eigenvalue weighted by Crippen LogP contribution is 2.68. The Morgan fingerprint density at radius 1 is 1.22 bits per heavy atom. The van der Waals surface area contributed by atoms with Gasteiger partial charge in [-0.05, 0) is 37.5 Å². The standard InChI is InChI=1S/C21H19ClF4N2O4/c22-11-1-2-14(15(23)3-11)16-6-17(32-28-16)19-8-20(9-19,10-19)27-18(29)7-30-12-4-13(5-12)31-21(24,25)26/h1-3,6,12-13H,4-5,7-10H2,(H,27,29)/t12-,13+,19?,20?. The number of ether oxygens (including phenoxy) is 2. The van der Waals surface area contributed by atoms with Crippen LogP contribution in [0, 0.1) is 5.82 Å². The van der Waals surface area contributed by atoms with Crippen LogP contribution >= 0.6 is 11.6 Å². The third-order valence-corrected chi connectivity index (χ3v) is 6.71. The van der Waals surface area contributed by atoms with Crippen molar-refractivity contribution in [3.63, 3.8) is 0 Å². The second-order valence-electron chi connectivity index (χ2n) is 8.93. The van der Waals surface area contributed by atoms with Crippen LogP contribution in [0.5, 0.6) is 0 Å². The molecule has 1 heterocycles. The zero-order valence-corrected chi connectivity index (χ0v) is 17.4. The van der Waals surface area contributed by atoms with Gasteiger partial charge in [-0.15, -0.1) is 13.2 Å². The fourth-order valence-corrected chi connectivity index (χ4v) is 5.15. The number of alkyl halides is 3. The molecule has 0 atom stereocenters. The first-order valence-electron chi connectivity index (χ1n) is 10.1. The summed E-state index contributed by atoms with van der Waals surface area (Å²) in [6, 6.07) is 6.06. The van der Waals surface area contributed by atoms with Crippen LogP contribution in [0.15, 0.2) is 28.8 Å². The molecule has 6 rings (SSSR count). The molecule has 4 fully saturated rings. The van der Waals surface area contributed by atoms with Crippen LogP contribution in [0.4, 0.5) is 17.6 Å². The fraction of sp³-hybridized carbons (Fsp3) is 0.524. The minimum atomic E-state index is -4.65. The maximum atomic E-state index is 14.1. The highest BCUT2D eigenvalue weighted by molar-refractivity contribution is 6.30. The Hall–Kier alpha value is -2.17. The zero-order chi connectivity index (χ0) is 22.7. The minimum absolute atomic E-state index is 0.114. The van der Waals surface area contributed by atoms with Crippen molar-refractivity contribution in [2.75, 3.05) is 6.61 Å². The quantitative estimate of drug-likeness (QED) is 0.598. The molecule has 32 heavy (non-hydrogen) atoms. The molecule has 1 aromatic heterocycles. The van der Waals surface area contributed by atoms with Crippen molar-refractivity contribution in [1.82, 2.24) is 10.5 Å². The van der Waals surface area contributed by atoms with Gasteiger partial charge in [-0.25, -0.2) is 4.39 Å². The molecule has 0 unspecified atom stereocenters. The highest BCUT2D eigenvalue weighted by Gasteiger charge is 2.71. The van der Waals surface area contributed by atoms with Crippen molar-refractivity contribution >= 4 is 17.5 Å². The minimum Gasteiger partial charge on any atom is -0.368 e. The first-order valence-corrected chi connectivity index (χ1v) is 10.5. The zero-order valence-electron chi connectivity index (χ0n) is 16.7. The molecule has 6 nitrogen and oxygen atoms in total. The lowest BCUT2D eigenvalue weighted by molar-refractivity contribution is -0.357. The smallest absolute Gasteiger partial charge is 0.368 e. The summed E-state index contributed by atoms with van der Waals surface area (Å²) in [6.07, 6.45) is -3.72. The van der Waals surface area contributed by atoms with E-state index in [1.807, 2.05) is 0 Å². The van der Waals surface area contributed by atoms with E-state index in [1.165, 1.54) is 6.07 Å². The van der Waals surface area contributed by atoms with E-state index < -0.39 is 24.4 Å². The van der Waals surface area contributed by atoms with Gasteiger partial charge in [0, 0.05) is 40.4 Å². The van der Waals surface area contributed by atoms with Crippen molar-refractivity contribution in [3.05, 3.63) is 40.9 Å². The molecule has 11 heteroatoms. The lowest BCUT2D eigenvalue weighted by atomic mass is 9.38. The number of amides is 1. The van der Waals surface area contributed by atoms with Gasteiger partial charge >= 0.3 is 6.36 Å². The largest absolute Gasteiger partial charge is 0.522 e. The second kappa shape index (κ2) is 7.43. The number of halogens is 5. The summed E-state index contributed by atoms with van der Waals surface area (Å²) in [5, 5.41) is 7.22. The van der Waals surface area contributed by atoms with Gasteiger partial charge in [-0.3, -0.25) is 9.53 Å². The third-order valence-electron chi connectivity index (χ3n) is 6.48. The summed E-state index contributed by atoms with van der Waals surface area (Å²) in [6.45, 7) is -0.208. The van der Waals surface area contributed by atoms with Gasteiger partial charge < -0.3 is 14.6 Å². The van der Waals surface area contributed by atoms with Crippen LogP contribution in [0.3, 0.4) is 0 Å². The highest BCUT2D eigenvalue weighted by atomic mass is 35.5. The molecule has 4 aliphatic rings. The van der Waals surface area contributed by atoms with Gasteiger partial charge in [0.15, 0.2) is 0 Å². The van der Waals surface area contributed by atoms with E-state index in [0.717, 1.165) is 0 Å². The van der Waals surface area contributed by atoms with Crippen LogP contribution in [0.1, 0.15) is 37.9 Å². The normalized spacial score (nSPS) is 30.8. The Morgan fingerprint density at radius 2 is 1.94 bits per heavy atom. The Kier molecular flexibility index (Phi) is 5.03. The predicted molar refractivity (Wildman–Crippen MR) is 103 cm³/mol. The average molecular weight is 475 g/mol. The van der Waals surface area contributed by atoms with Gasteiger partial charge in [0.05, 0.1) is 12.2 Å². The first-order chi connectivity index (χ1) is 15.0. The molecular weight excluding hydrogens is 456 g/mol. The van der Waals surface area contributed by atoms with E-state index in [4.69, 9.17) is 20.9 Å². The van der Waals surface area contributed by atoms with Crippen LogP contribution in [0.2, 0.25) is 5.02 Å². The molecule has 4 aliphatic carbocycles.